The van der Waals surface area contributed by atoms with Gasteiger partial charge in [0.1, 0.15) is 6.33 Å². The van der Waals surface area contributed by atoms with E-state index in [0.29, 0.717) is 6.61 Å². The average molecular weight is 199 g/mol. The van der Waals surface area contributed by atoms with Crippen LogP contribution in [-0.2, 0) is 4.74 Å². The predicted molar refractivity (Wildman–Crippen MR) is 54.0 cm³/mol. The van der Waals surface area contributed by atoms with Gasteiger partial charge in [-0.25, -0.2) is 4.98 Å². The number of rotatable bonds is 7. The van der Waals surface area contributed by atoms with Crippen molar-refractivity contribution in [1.82, 2.24) is 9.36 Å². The van der Waals surface area contributed by atoms with Crippen molar-refractivity contribution in [2.24, 2.45) is 0 Å². The summed E-state index contributed by atoms with van der Waals surface area (Å²) in [5.74, 6) is 0. The molecule has 0 aromatic carbocycles. The summed E-state index contributed by atoms with van der Waals surface area (Å²) in [7, 11) is 0. The Kier molecular flexibility index (Phi) is 5.12. The highest BCUT2D eigenvalue weighted by Gasteiger charge is 1.93. The molecular weight excluding hydrogens is 186 g/mol. The zero-order valence-corrected chi connectivity index (χ0v) is 8.22. The molecule has 0 saturated heterocycles. The Morgan fingerprint density at radius 3 is 3.23 bits per heavy atom. The molecule has 1 aromatic rings. The lowest BCUT2D eigenvalue weighted by Crippen LogP contribution is -2.09. The van der Waals surface area contributed by atoms with E-state index in [2.05, 4.69) is 21.3 Å². The van der Waals surface area contributed by atoms with Crippen LogP contribution in [-0.4, -0.2) is 29.1 Å². The van der Waals surface area contributed by atoms with Crippen molar-refractivity contribution < 1.29 is 4.74 Å². The summed E-state index contributed by atoms with van der Waals surface area (Å²) in [6.45, 7) is 5.80. The maximum atomic E-state index is 5.30. The molecule has 1 aromatic heterocycles. The summed E-state index contributed by atoms with van der Waals surface area (Å²) in [5, 5.41) is 3.94. The molecule has 0 spiro atoms. The number of hydrogen-bond donors (Lipinski definition) is 1. The normalized spacial score (nSPS) is 9.85. The zero-order chi connectivity index (χ0) is 9.36. The average Bonchev–Trinajstić information content (AvgIpc) is 2.63. The molecule has 1 N–H and O–H groups in total. The summed E-state index contributed by atoms with van der Waals surface area (Å²) >= 11 is 1.35. The van der Waals surface area contributed by atoms with E-state index in [-0.39, 0.29) is 0 Å². The molecule has 0 aliphatic rings. The first-order valence-electron chi connectivity index (χ1n) is 4.12. The van der Waals surface area contributed by atoms with E-state index in [1.54, 1.807) is 0 Å². The molecule has 72 valence electrons. The van der Waals surface area contributed by atoms with Crippen LogP contribution < -0.4 is 5.32 Å². The van der Waals surface area contributed by atoms with E-state index >= 15 is 0 Å². The van der Waals surface area contributed by atoms with E-state index in [4.69, 9.17) is 4.74 Å². The summed E-state index contributed by atoms with van der Waals surface area (Å²) in [6, 6.07) is 0. The molecule has 13 heavy (non-hydrogen) atoms. The highest BCUT2D eigenvalue weighted by molar-refractivity contribution is 7.09. The first-order chi connectivity index (χ1) is 6.43. The fraction of sp³-hybridized carbons (Fsp3) is 0.500. The third-order valence-corrected chi connectivity index (χ3v) is 1.97. The Hall–Kier alpha value is -0.940. The monoisotopic (exact) mass is 199 g/mol. The molecule has 0 saturated carbocycles. The van der Waals surface area contributed by atoms with E-state index in [0.717, 1.165) is 24.7 Å². The molecule has 1 heterocycles. The maximum Gasteiger partial charge on any atom is 0.202 e. The summed E-state index contributed by atoms with van der Waals surface area (Å²) in [4.78, 5) is 3.97. The number of aromatic nitrogens is 2. The summed E-state index contributed by atoms with van der Waals surface area (Å²) < 4.78 is 9.16. The van der Waals surface area contributed by atoms with Crippen LogP contribution in [0.2, 0.25) is 0 Å². The van der Waals surface area contributed by atoms with E-state index in [1.165, 1.54) is 17.9 Å². The topological polar surface area (TPSA) is 47.0 Å². The standard InChI is InChI=1S/C8H13N3OS/c1-2-3-5-12-6-4-9-8-10-7-11-13-8/h2,7H,1,3-6H2,(H,9,10,11). The Labute approximate surface area is 81.8 Å². The molecule has 4 nitrogen and oxygen atoms in total. The van der Waals surface area contributed by atoms with Gasteiger partial charge in [-0.1, -0.05) is 6.08 Å². The van der Waals surface area contributed by atoms with Crippen LogP contribution in [0.3, 0.4) is 0 Å². The third kappa shape index (κ3) is 4.59. The van der Waals surface area contributed by atoms with E-state index < -0.39 is 0 Å². The second-order valence-corrected chi connectivity index (χ2v) is 3.14. The first kappa shape index (κ1) is 10.1. The number of ether oxygens (including phenoxy) is 1. The minimum atomic E-state index is 0.688. The summed E-state index contributed by atoms with van der Waals surface area (Å²) in [5.41, 5.74) is 0. The van der Waals surface area contributed by atoms with Gasteiger partial charge in [0.15, 0.2) is 0 Å². The Morgan fingerprint density at radius 2 is 2.54 bits per heavy atom. The maximum absolute atomic E-state index is 5.30. The lowest BCUT2D eigenvalue weighted by atomic mass is 10.5. The van der Waals surface area contributed by atoms with Crippen LogP contribution in [0.15, 0.2) is 19.0 Å². The second kappa shape index (κ2) is 6.56. The van der Waals surface area contributed by atoms with Crippen molar-refractivity contribution in [3.63, 3.8) is 0 Å². The van der Waals surface area contributed by atoms with Crippen molar-refractivity contribution in [3.05, 3.63) is 19.0 Å². The number of hydrogen-bond acceptors (Lipinski definition) is 5. The second-order valence-electron chi connectivity index (χ2n) is 2.36. The van der Waals surface area contributed by atoms with Crippen molar-refractivity contribution in [1.29, 1.82) is 0 Å². The van der Waals surface area contributed by atoms with Gasteiger partial charge in [-0.15, -0.1) is 6.58 Å². The molecule has 1 rings (SSSR count). The van der Waals surface area contributed by atoms with Crippen LogP contribution in [0, 0.1) is 0 Å². The molecule has 0 unspecified atom stereocenters. The molecule has 0 aliphatic heterocycles. The molecule has 0 atom stereocenters. The van der Waals surface area contributed by atoms with Crippen molar-refractivity contribution in [3.8, 4) is 0 Å². The van der Waals surface area contributed by atoms with Gasteiger partial charge >= 0.3 is 0 Å². The van der Waals surface area contributed by atoms with Crippen LogP contribution >= 0.6 is 11.5 Å². The number of anilines is 1. The van der Waals surface area contributed by atoms with Crippen LogP contribution in [0.4, 0.5) is 5.13 Å². The highest BCUT2D eigenvalue weighted by atomic mass is 32.1. The first-order valence-corrected chi connectivity index (χ1v) is 4.90. The predicted octanol–water partition coefficient (Wildman–Crippen LogP) is 1.54. The van der Waals surface area contributed by atoms with Crippen LogP contribution in [0.1, 0.15) is 6.42 Å². The fourth-order valence-electron chi connectivity index (χ4n) is 0.750. The van der Waals surface area contributed by atoms with Crippen molar-refractivity contribution >= 4 is 16.7 Å². The fourth-order valence-corrected chi connectivity index (χ4v) is 1.20. The van der Waals surface area contributed by atoms with Gasteiger partial charge in [-0.2, -0.15) is 4.37 Å². The van der Waals surface area contributed by atoms with Crippen molar-refractivity contribution in [2.75, 3.05) is 25.1 Å². The van der Waals surface area contributed by atoms with Crippen LogP contribution in [0.25, 0.3) is 0 Å². The largest absolute Gasteiger partial charge is 0.379 e. The minimum Gasteiger partial charge on any atom is -0.379 e. The van der Waals surface area contributed by atoms with Gasteiger partial charge in [0.25, 0.3) is 0 Å². The molecule has 0 aliphatic carbocycles. The molecule has 5 heteroatoms. The molecule has 0 bridgehead atoms. The minimum absolute atomic E-state index is 0.688. The Bertz CT molecular complexity index is 225. The van der Waals surface area contributed by atoms with Gasteiger partial charge < -0.3 is 10.1 Å². The van der Waals surface area contributed by atoms with Gasteiger partial charge in [-0.05, 0) is 6.42 Å². The molecule has 0 amide bonds. The SMILES string of the molecule is C=CCCOCCNc1ncns1. The number of nitrogens with one attached hydrogen (secondary N) is 1. The quantitative estimate of drug-likeness (QED) is 0.534. The highest BCUT2D eigenvalue weighted by Crippen LogP contribution is 2.04. The van der Waals surface area contributed by atoms with E-state index in [1.807, 2.05) is 6.08 Å². The zero-order valence-electron chi connectivity index (χ0n) is 7.40. The summed E-state index contributed by atoms with van der Waals surface area (Å²) in [6.07, 6.45) is 4.28. The van der Waals surface area contributed by atoms with Gasteiger partial charge in [-0.3, -0.25) is 0 Å². The van der Waals surface area contributed by atoms with Gasteiger partial charge in [0.05, 0.1) is 13.2 Å². The lowest BCUT2D eigenvalue weighted by Gasteiger charge is -2.02. The Balaban J connectivity index is 1.93. The number of nitrogens with zero attached hydrogens (tertiary/aromatic N) is 2. The molecule has 0 fully saturated rings. The molecule has 0 radical (unpaired) electrons. The Morgan fingerprint density at radius 1 is 1.62 bits per heavy atom. The van der Waals surface area contributed by atoms with Crippen LogP contribution in [0.5, 0.6) is 0 Å². The smallest absolute Gasteiger partial charge is 0.202 e. The van der Waals surface area contributed by atoms with E-state index in [9.17, 15) is 0 Å². The van der Waals surface area contributed by atoms with Crippen molar-refractivity contribution in [2.45, 2.75) is 6.42 Å². The van der Waals surface area contributed by atoms with Gasteiger partial charge in [0, 0.05) is 18.1 Å². The lowest BCUT2D eigenvalue weighted by molar-refractivity contribution is 0.149. The van der Waals surface area contributed by atoms with Gasteiger partial charge in [0.2, 0.25) is 5.13 Å². The molecular formula is C8H13N3OS. The third-order valence-electron chi connectivity index (χ3n) is 1.35.